The first-order valence-electron chi connectivity index (χ1n) is 4.85. The van der Waals surface area contributed by atoms with Gasteiger partial charge in [-0.25, -0.2) is 0 Å². The Morgan fingerprint density at radius 1 is 1.69 bits per heavy atom. The molecule has 3 nitrogen and oxygen atoms in total. The predicted octanol–water partition coefficient (Wildman–Crippen LogP) is 1.32. The van der Waals surface area contributed by atoms with Gasteiger partial charge >= 0.3 is 6.18 Å². The van der Waals surface area contributed by atoms with Gasteiger partial charge in [0.1, 0.15) is 5.92 Å². The molecule has 2 N–H and O–H groups in total. The molecule has 1 fully saturated rings. The molecule has 0 aromatic rings. The summed E-state index contributed by atoms with van der Waals surface area (Å²) in [6, 6.07) is 0. The van der Waals surface area contributed by atoms with Crippen LogP contribution in [0.3, 0.4) is 0 Å². The summed E-state index contributed by atoms with van der Waals surface area (Å²) in [5.74, 6) is -2.08. The number of thiocarbonyl (C=S) groups is 1. The van der Waals surface area contributed by atoms with Gasteiger partial charge in [-0.1, -0.05) is 19.1 Å². The molecule has 0 radical (unpaired) electrons. The van der Waals surface area contributed by atoms with Crippen LogP contribution in [0.5, 0.6) is 0 Å². The number of amides is 1. The largest absolute Gasteiger partial charge is 0.399 e. The zero-order valence-electron chi connectivity index (χ0n) is 8.75. The molecule has 0 aromatic heterocycles. The zero-order chi connectivity index (χ0) is 12.5. The SMILES string of the molecule is CC1CC(=O)N(CC(C(N)=S)C(F)(F)F)C1. The van der Waals surface area contributed by atoms with Crippen molar-refractivity contribution in [3.05, 3.63) is 0 Å². The molecule has 1 aliphatic heterocycles. The van der Waals surface area contributed by atoms with E-state index in [-0.39, 0.29) is 11.8 Å². The lowest BCUT2D eigenvalue weighted by Gasteiger charge is -2.25. The van der Waals surface area contributed by atoms with Crippen LogP contribution in [0.25, 0.3) is 0 Å². The fourth-order valence-electron chi connectivity index (χ4n) is 1.72. The van der Waals surface area contributed by atoms with E-state index in [0.717, 1.165) is 0 Å². The van der Waals surface area contributed by atoms with Crippen molar-refractivity contribution in [2.45, 2.75) is 19.5 Å². The minimum atomic E-state index is -4.49. The molecule has 1 heterocycles. The molecule has 0 bridgehead atoms. The molecule has 0 saturated carbocycles. The monoisotopic (exact) mass is 254 g/mol. The van der Waals surface area contributed by atoms with Gasteiger partial charge in [0.2, 0.25) is 5.91 Å². The molecule has 0 aromatic carbocycles. The van der Waals surface area contributed by atoms with E-state index in [4.69, 9.17) is 5.73 Å². The molecule has 2 atom stereocenters. The minimum Gasteiger partial charge on any atom is -0.393 e. The number of alkyl halides is 3. The van der Waals surface area contributed by atoms with E-state index in [9.17, 15) is 18.0 Å². The van der Waals surface area contributed by atoms with Crippen molar-refractivity contribution < 1.29 is 18.0 Å². The molecule has 0 aliphatic carbocycles. The fraction of sp³-hybridized carbons (Fsp3) is 0.778. The summed E-state index contributed by atoms with van der Waals surface area (Å²) in [4.78, 5) is 11.9. The lowest BCUT2D eigenvalue weighted by atomic mass is 10.1. The summed E-state index contributed by atoms with van der Waals surface area (Å²) in [6.45, 7) is 1.71. The third kappa shape index (κ3) is 3.07. The van der Waals surface area contributed by atoms with Crippen LogP contribution in [-0.4, -0.2) is 35.1 Å². The van der Waals surface area contributed by atoms with Gasteiger partial charge in [-0.3, -0.25) is 4.79 Å². The average molecular weight is 254 g/mol. The van der Waals surface area contributed by atoms with Crippen molar-refractivity contribution in [3.63, 3.8) is 0 Å². The molecule has 0 spiro atoms. The highest BCUT2D eigenvalue weighted by Crippen LogP contribution is 2.29. The normalized spacial score (nSPS) is 23.6. The van der Waals surface area contributed by atoms with Crippen molar-refractivity contribution in [1.29, 1.82) is 0 Å². The standard InChI is InChI=1S/C9H13F3N2OS/c1-5-2-7(15)14(3-5)4-6(8(13)16)9(10,11)12/h5-6H,2-4H2,1H3,(H2,13,16). The molecule has 92 valence electrons. The number of carbonyl (C=O) groups excluding carboxylic acids is 1. The minimum absolute atomic E-state index is 0.0905. The lowest BCUT2D eigenvalue weighted by Crippen LogP contribution is -2.44. The Hall–Kier alpha value is -0.850. The number of rotatable bonds is 3. The number of halogens is 3. The van der Waals surface area contributed by atoms with Gasteiger partial charge in [-0.2, -0.15) is 13.2 Å². The summed E-state index contributed by atoms with van der Waals surface area (Å²) in [5, 5.41) is 0. The molecule has 1 aliphatic rings. The first kappa shape index (κ1) is 13.2. The zero-order valence-corrected chi connectivity index (χ0v) is 9.57. The molecule has 7 heteroatoms. The Kier molecular flexibility index (Phi) is 3.77. The van der Waals surface area contributed by atoms with Crippen LogP contribution in [0, 0.1) is 11.8 Å². The van der Waals surface area contributed by atoms with Crippen LogP contribution in [0.1, 0.15) is 13.3 Å². The molecule has 1 amide bonds. The summed E-state index contributed by atoms with van der Waals surface area (Å²) < 4.78 is 37.6. The van der Waals surface area contributed by atoms with Gasteiger partial charge < -0.3 is 10.6 Å². The molecule has 16 heavy (non-hydrogen) atoms. The Morgan fingerprint density at radius 3 is 2.56 bits per heavy atom. The van der Waals surface area contributed by atoms with E-state index in [0.29, 0.717) is 13.0 Å². The highest BCUT2D eigenvalue weighted by atomic mass is 32.1. The molecule has 1 saturated heterocycles. The van der Waals surface area contributed by atoms with Crippen molar-refractivity contribution in [1.82, 2.24) is 4.90 Å². The second kappa shape index (κ2) is 4.57. The van der Waals surface area contributed by atoms with Crippen LogP contribution < -0.4 is 5.73 Å². The second-order valence-corrected chi connectivity index (χ2v) is 4.58. The number of hydrogen-bond acceptors (Lipinski definition) is 2. The highest BCUT2D eigenvalue weighted by molar-refractivity contribution is 7.80. The number of nitrogens with two attached hydrogens (primary N) is 1. The predicted molar refractivity (Wildman–Crippen MR) is 56.7 cm³/mol. The van der Waals surface area contributed by atoms with E-state index in [2.05, 4.69) is 12.2 Å². The smallest absolute Gasteiger partial charge is 0.393 e. The van der Waals surface area contributed by atoms with Crippen LogP contribution in [0.2, 0.25) is 0 Å². The first-order valence-corrected chi connectivity index (χ1v) is 5.26. The summed E-state index contributed by atoms with van der Waals surface area (Å²) >= 11 is 4.39. The Labute approximate surface area is 96.8 Å². The summed E-state index contributed by atoms with van der Waals surface area (Å²) in [5.41, 5.74) is 5.05. The maximum absolute atomic E-state index is 12.5. The Balaban J connectivity index is 2.70. The Morgan fingerprint density at radius 2 is 2.25 bits per heavy atom. The third-order valence-corrected chi connectivity index (χ3v) is 2.83. The molecule has 2 unspecified atom stereocenters. The highest BCUT2D eigenvalue weighted by Gasteiger charge is 2.44. The quantitative estimate of drug-likeness (QED) is 0.773. The van der Waals surface area contributed by atoms with Gasteiger partial charge in [-0.15, -0.1) is 0 Å². The van der Waals surface area contributed by atoms with Gasteiger partial charge in [0.25, 0.3) is 0 Å². The van der Waals surface area contributed by atoms with E-state index >= 15 is 0 Å². The number of hydrogen-bond donors (Lipinski definition) is 1. The maximum atomic E-state index is 12.5. The number of likely N-dealkylation sites (tertiary alicyclic amines) is 1. The van der Waals surface area contributed by atoms with E-state index in [1.54, 1.807) is 0 Å². The lowest BCUT2D eigenvalue weighted by molar-refractivity contribution is -0.161. The Bertz CT molecular complexity index is 306. The van der Waals surface area contributed by atoms with Gasteiger partial charge in [0.05, 0.1) is 4.99 Å². The van der Waals surface area contributed by atoms with Gasteiger partial charge in [-0.05, 0) is 5.92 Å². The van der Waals surface area contributed by atoms with Crippen LogP contribution in [0.4, 0.5) is 13.2 Å². The average Bonchev–Trinajstić information content (AvgIpc) is 2.38. The summed E-state index contributed by atoms with van der Waals surface area (Å²) in [6.07, 6.45) is -4.19. The van der Waals surface area contributed by atoms with E-state index in [1.165, 1.54) is 4.90 Å². The van der Waals surface area contributed by atoms with Crippen molar-refractivity contribution in [3.8, 4) is 0 Å². The molecule has 1 rings (SSSR count). The molecular weight excluding hydrogens is 241 g/mol. The van der Waals surface area contributed by atoms with Gasteiger partial charge in [0.15, 0.2) is 0 Å². The van der Waals surface area contributed by atoms with Crippen LogP contribution in [-0.2, 0) is 4.79 Å². The second-order valence-electron chi connectivity index (χ2n) is 4.10. The third-order valence-electron chi connectivity index (χ3n) is 2.55. The molecular formula is C9H13F3N2OS. The first-order chi connectivity index (χ1) is 7.21. The van der Waals surface area contributed by atoms with Crippen molar-refractivity contribution in [2.75, 3.05) is 13.1 Å². The van der Waals surface area contributed by atoms with Crippen LogP contribution in [0.15, 0.2) is 0 Å². The van der Waals surface area contributed by atoms with E-state index in [1.807, 2.05) is 6.92 Å². The van der Waals surface area contributed by atoms with E-state index < -0.39 is 23.6 Å². The summed E-state index contributed by atoms with van der Waals surface area (Å²) in [7, 11) is 0. The van der Waals surface area contributed by atoms with Crippen molar-refractivity contribution in [2.24, 2.45) is 17.6 Å². The van der Waals surface area contributed by atoms with Gasteiger partial charge in [0, 0.05) is 19.5 Å². The number of nitrogens with zero attached hydrogens (tertiary/aromatic N) is 1. The maximum Gasteiger partial charge on any atom is 0.399 e. The topological polar surface area (TPSA) is 46.3 Å². The number of carbonyl (C=O) groups is 1. The van der Waals surface area contributed by atoms with Crippen LogP contribution >= 0.6 is 12.2 Å². The van der Waals surface area contributed by atoms with Crippen molar-refractivity contribution >= 4 is 23.1 Å². The fourth-order valence-corrected chi connectivity index (χ4v) is 1.93.